The molecule has 0 spiro atoms. The number of hydrogen-bond donors (Lipinski definition) is 1. The smallest absolute Gasteiger partial charge is 0.317 e. The standard InChI is InChI=1S/C15H18N4O4/c1-10-14(11(2)23-17-10)9-18(3)15(20)16-8-12-4-6-13(7-5-12)19(21)22/h4-7H,8-9H2,1-3H3,(H,16,20). The third-order valence-corrected chi connectivity index (χ3v) is 3.51. The van der Waals surface area contributed by atoms with Gasteiger partial charge in [-0.25, -0.2) is 4.79 Å². The van der Waals surface area contributed by atoms with Crippen LogP contribution in [0.15, 0.2) is 28.8 Å². The molecule has 1 heterocycles. The zero-order valence-electron chi connectivity index (χ0n) is 13.2. The molecule has 1 aromatic heterocycles. The van der Waals surface area contributed by atoms with Crippen LogP contribution in [0.2, 0.25) is 0 Å². The maximum Gasteiger partial charge on any atom is 0.317 e. The Morgan fingerprint density at radius 2 is 2.00 bits per heavy atom. The Hall–Kier alpha value is -2.90. The lowest BCUT2D eigenvalue weighted by atomic mass is 10.2. The van der Waals surface area contributed by atoms with Crippen molar-refractivity contribution < 1.29 is 14.2 Å². The van der Waals surface area contributed by atoms with Gasteiger partial charge in [-0.15, -0.1) is 0 Å². The quantitative estimate of drug-likeness (QED) is 0.674. The number of aryl methyl sites for hydroxylation is 2. The molecule has 2 amide bonds. The minimum Gasteiger partial charge on any atom is -0.361 e. The summed E-state index contributed by atoms with van der Waals surface area (Å²) < 4.78 is 5.07. The van der Waals surface area contributed by atoms with E-state index in [1.807, 2.05) is 6.92 Å². The van der Waals surface area contributed by atoms with Crippen LogP contribution < -0.4 is 5.32 Å². The summed E-state index contributed by atoms with van der Waals surface area (Å²) in [6.45, 7) is 4.32. The molecule has 0 aliphatic carbocycles. The summed E-state index contributed by atoms with van der Waals surface area (Å²) in [6.07, 6.45) is 0. The van der Waals surface area contributed by atoms with Crippen molar-refractivity contribution in [1.29, 1.82) is 0 Å². The van der Waals surface area contributed by atoms with E-state index in [0.29, 0.717) is 18.8 Å². The van der Waals surface area contributed by atoms with Crippen LogP contribution in [0.5, 0.6) is 0 Å². The SMILES string of the molecule is Cc1noc(C)c1CN(C)C(=O)NCc1ccc([N+](=O)[O-])cc1. The normalized spacial score (nSPS) is 10.4. The molecule has 2 rings (SSSR count). The molecule has 0 aliphatic heterocycles. The highest BCUT2D eigenvalue weighted by Gasteiger charge is 2.15. The molecule has 0 saturated heterocycles. The highest BCUT2D eigenvalue weighted by atomic mass is 16.6. The van der Waals surface area contributed by atoms with E-state index < -0.39 is 4.92 Å². The Bertz CT molecular complexity index is 689. The largest absolute Gasteiger partial charge is 0.361 e. The second-order valence-corrected chi connectivity index (χ2v) is 5.24. The molecule has 0 saturated carbocycles. The van der Waals surface area contributed by atoms with Gasteiger partial charge in [-0.05, 0) is 19.4 Å². The predicted octanol–water partition coefficient (Wildman–Crippen LogP) is 2.54. The molecular formula is C15H18N4O4. The summed E-state index contributed by atoms with van der Waals surface area (Å²) in [5.41, 5.74) is 2.46. The Morgan fingerprint density at radius 3 is 2.52 bits per heavy atom. The molecular weight excluding hydrogens is 300 g/mol. The van der Waals surface area contributed by atoms with Gasteiger partial charge in [0.15, 0.2) is 0 Å². The number of hydrogen-bond acceptors (Lipinski definition) is 5. The van der Waals surface area contributed by atoms with Gasteiger partial charge in [0.05, 0.1) is 17.2 Å². The van der Waals surface area contributed by atoms with E-state index in [-0.39, 0.29) is 11.7 Å². The Kier molecular flexibility index (Phi) is 4.95. The molecule has 0 unspecified atom stereocenters. The second-order valence-electron chi connectivity index (χ2n) is 5.24. The molecule has 2 aromatic rings. The summed E-state index contributed by atoms with van der Waals surface area (Å²) >= 11 is 0. The average Bonchev–Trinajstić information content (AvgIpc) is 2.84. The van der Waals surface area contributed by atoms with Crippen LogP contribution in [-0.4, -0.2) is 28.1 Å². The predicted molar refractivity (Wildman–Crippen MR) is 82.8 cm³/mol. The number of non-ortho nitro benzene ring substituents is 1. The van der Waals surface area contributed by atoms with Crippen molar-refractivity contribution >= 4 is 11.7 Å². The fourth-order valence-electron chi connectivity index (χ4n) is 2.08. The van der Waals surface area contributed by atoms with Crippen LogP contribution in [0, 0.1) is 24.0 Å². The van der Waals surface area contributed by atoms with Crippen molar-refractivity contribution in [3.8, 4) is 0 Å². The number of nitro groups is 1. The lowest BCUT2D eigenvalue weighted by Crippen LogP contribution is -2.36. The summed E-state index contributed by atoms with van der Waals surface area (Å²) in [7, 11) is 1.68. The number of rotatable bonds is 5. The van der Waals surface area contributed by atoms with Gasteiger partial charge in [-0.1, -0.05) is 17.3 Å². The third-order valence-electron chi connectivity index (χ3n) is 3.51. The summed E-state index contributed by atoms with van der Waals surface area (Å²) in [4.78, 5) is 23.8. The van der Waals surface area contributed by atoms with Crippen LogP contribution in [0.25, 0.3) is 0 Å². The van der Waals surface area contributed by atoms with E-state index in [0.717, 1.165) is 16.8 Å². The highest BCUT2D eigenvalue weighted by molar-refractivity contribution is 5.73. The van der Waals surface area contributed by atoms with E-state index >= 15 is 0 Å². The number of nitrogens with one attached hydrogen (secondary N) is 1. The Morgan fingerprint density at radius 1 is 1.35 bits per heavy atom. The lowest BCUT2D eigenvalue weighted by Gasteiger charge is -2.17. The minimum absolute atomic E-state index is 0.0237. The van der Waals surface area contributed by atoms with Crippen LogP contribution in [0.1, 0.15) is 22.6 Å². The van der Waals surface area contributed by atoms with E-state index in [2.05, 4.69) is 10.5 Å². The molecule has 1 N–H and O–H groups in total. The van der Waals surface area contributed by atoms with E-state index in [4.69, 9.17) is 4.52 Å². The first kappa shape index (κ1) is 16.5. The zero-order chi connectivity index (χ0) is 17.0. The van der Waals surface area contributed by atoms with Gasteiger partial charge in [-0.3, -0.25) is 10.1 Å². The lowest BCUT2D eigenvalue weighted by molar-refractivity contribution is -0.384. The maximum absolute atomic E-state index is 12.1. The number of urea groups is 1. The minimum atomic E-state index is -0.459. The van der Waals surface area contributed by atoms with Crippen molar-refractivity contribution in [1.82, 2.24) is 15.4 Å². The molecule has 122 valence electrons. The van der Waals surface area contributed by atoms with Crippen LogP contribution >= 0.6 is 0 Å². The number of aromatic nitrogens is 1. The molecule has 1 aromatic carbocycles. The number of nitrogens with zero attached hydrogens (tertiary/aromatic N) is 3. The van der Waals surface area contributed by atoms with Gasteiger partial charge in [0.2, 0.25) is 0 Å². The second kappa shape index (κ2) is 6.91. The number of benzene rings is 1. The zero-order valence-corrected chi connectivity index (χ0v) is 13.2. The fraction of sp³-hybridized carbons (Fsp3) is 0.333. The highest BCUT2D eigenvalue weighted by Crippen LogP contribution is 2.14. The molecule has 0 bridgehead atoms. The first-order valence-electron chi connectivity index (χ1n) is 7.02. The van der Waals surface area contributed by atoms with Crippen molar-refractivity contribution in [3.05, 3.63) is 57.0 Å². The van der Waals surface area contributed by atoms with Crippen molar-refractivity contribution in [2.24, 2.45) is 0 Å². The van der Waals surface area contributed by atoms with Crippen molar-refractivity contribution in [3.63, 3.8) is 0 Å². The average molecular weight is 318 g/mol. The number of amides is 2. The van der Waals surface area contributed by atoms with E-state index in [9.17, 15) is 14.9 Å². The van der Waals surface area contributed by atoms with Crippen molar-refractivity contribution in [2.45, 2.75) is 26.9 Å². The van der Waals surface area contributed by atoms with Crippen molar-refractivity contribution in [2.75, 3.05) is 7.05 Å². The molecule has 23 heavy (non-hydrogen) atoms. The number of carbonyl (C=O) groups is 1. The van der Waals surface area contributed by atoms with E-state index in [1.54, 1.807) is 26.1 Å². The van der Waals surface area contributed by atoms with Gasteiger partial charge in [0, 0.05) is 31.3 Å². The number of carbonyl (C=O) groups excluding carboxylic acids is 1. The molecule has 8 heteroatoms. The summed E-state index contributed by atoms with van der Waals surface area (Å²) in [5, 5.41) is 17.2. The van der Waals surface area contributed by atoms with Gasteiger partial charge in [-0.2, -0.15) is 0 Å². The Labute approximate surface area is 133 Å². The first-order chi connectivity index (χ1) is 10.9. The summed E-state index contributed by atoms with van der Waals surface area (Å²) in [6, 6.07) is 5.81. The molecule has 0 atom stereocenters. The van der Waals surface area contributed by atoms with Gasteiger partial charge >= 0.3 is 6.03 Å². The number of nitro benzene ring substituents is 1. The van der Waals surface area contributed by atoms with Gasteiger partial charge in [0.25, 0.3) is 5.69 Å². The summed E-state index contributed by atoms with van der Waals surface area (Å²) in [5.74, 6) is 0.692. The van der Waals surface area contributed by atoms with Gasteiger partial charge < -0.3 is 14.7 Å². The van der Waals surface area contributed by atoms with Gasteiger partial charge in [0.1, 0.15) is 5.76 Å². The van der Waals surface area contributed by atoms with E-state index in [1.165, 1.54) is 17.0 Å². The van der Waals surface area contributed by atoms with Crippen LogP contribution in [0.4, 0.5) is 10.5 Å². The topological polar surface area (TPSA) is 102 Å². The molecule has 8 nitrogen and oxygen atoms in total. The first-order valence-corrected chi connectivity index (χ1v) is 7.02. The Balaban J connectivity index is 1.90. The fourth-order valence-corrected chi connectivity index (χ4v) is 2.08. The molecule has 0 aliphatic rings. The monoisotopic (exact) mass is 318 g/mol. The molecule has 0 fully saturated rings. The molecule has 0 radical (unpaired) electrons. The maximum atomic E-state index is 12.1. The van der Waals surface area contributed by atoms with Crippen LogP contribution in [-0.2, 0) is 13.1 Å². The van der Waals surface area contributed by atoms with Crippen LogP contribution in [0.3, 0.4) is 0 Å². The third kappa shape index (κ3) is 4.06.